The van der Waals surface area contributed by atoms with Gasteiger partial charge in [-0.3, -0.25) is 9.59 Å². The molecule has 1 saturated heterocycles. The van der Waals surface area contributed by atoms with Gasteiger partial charge < -0.3 is 20.8 Å². The van der Waals surface area contributed by atoms with Crippen molar-refractivity contribution >= 4 is 23.6 Å². The predicted octanol–water partition coefficient (Wildman–Crippen LogP) is -0.341. The maximum atomic E-state index is 12.6. The SMILES string of the molecule is O=C(O)COOC1(C(=O)O)c2cccc(C(=O)CNC(=O)C3CCNCC3)c21. The zero-order valence-electron chi connectivity index (χ0n) is 14.9. The third-order valence-corrected chi connectivity index (χ3v) is 4.83. The molecular formula is C18H20N2O8. The topological polar surface area (TPSA) is 151 Å². The van der Waals surface area contributed by atoms with Crippen LogP contribution in [-0.2, 0) is 29.8 Å². The van der Waals surface area contributed by atoms with Gasteiger partial charge in [-0.1, -0.05) is 18.2 Å². The van der Waals surface area contributed by atoms with E-state index in [9.17, 15) is 24.3 Å². The highest BCUT2D eigenvalue weighted by Gasteiger charge is 2.63. The summed E-state index contributed by atoms with van der Waals surface area (Å²) in [6.07, 6.45) is 1.38. The smallest absolute Gasteiger partial charge is 0.348 e. The molecule has 0 spiro atoms. The second kappa shape index (κ2) is 8.05. The van der Waals surface area contributed by atoms with Gasteiger partial charge in [0.15, 0.2) is 12.4 Å². The quantitative estimate of drug-likeness (QED) is 0.251. The van der Waals surface area contributed by atoms with E-state index in [4.69, 9.17) is 9.99 Å². The van der Waals surface area contributed by atoms with Crippen molar-refractivity contribution in [3.05, 3.63) is 34.9 Å². The Kier molecular flexibility index (Phi) is 5.73. The van der Waals surface area contributed by atoms with Gasteiger partial charge in [0.25, 0.3) is 5.60 Å². The number of fused-ring (bicyclic) bond motifs is 1. The summed E-state index contributed by atoms with van der Waals surface area (Å²) < 4.78 is 0. The number of carboxylic acid groups (broad SMARTS) is 2. The fourth-order valence-corrected chi connectivity index (χ4v) is 3.38. The van der Waals surface area contributed by atoms with Gasteiger partial charge in [0, 0.05) is 22.6 Å². The summed E-state index contributed by atoms with van der Waals surface area (Å²) in [5.41, 5.74) is -1.61. The highest BCUT2D eigenvalue weighted by molar-refractivity contribution is 6.07. The number of benzene rings is 1. The number of hydrogen-bond donors (Lipinski definition) is 4. The van der Waals surface area contributed by atoms with Crippen LogP contribution in [0.5, 0.6) is 0 Å². The summed E-state index contributed by atoms with van der Waals surface area (Å²) in [4.78, 5) is 56.4. The van der Waals surface area contributed by atoms with Crippen molar-refractivity contribution in [2.45, 2.75) is 18.4 Å². The molecule has 28 heavy (non-hydrogen) atoms. The Bertz CT molecular complexity index is 818. The van der Waals surface area contributed by atoms with Gasteiger partial charge in [-0.05, 0) is 25.9 Å². The van der Waals surface area contributed by atoms with Gasteiger partial charge in [0.2, 0.25) is 5.91 Å². The maximum Gasteiger partial charge on any atom is 0.348 e. The molecule has 1 unspecified atom stereocenters. The normalized spacial score (nSPS) is 20.9. The fraction of sp³-hybridized carbons (Fsp3) is 0.444. The Hall–Kier alpha value is -2.82. The molecule has 3 rings (SSSR count). The van der Waals surface area contributed by atoms with Crippen molar-refractivity contribution in [3.63, 3.8) is 0 Å². The number of carbonyl (C=O) groups is 4. The van der Waals surface area contributed by atoms with Crippen molar-refractivity contribution < 1.29 is 39.2 Å². The Balaban J connectivity index is 1.68. The van der Waals surface area contributed by atoms with E-state index >= 15 is 0 Å². The molecule has 150 valence electrons. The molecule has 10 heteroatoms. The van der Waals surface area contributed by atoms with Crippen molar-refractivity contribution in [3.8, 4) is 0 Å². The molecule has 1 aliphatic heterocycles. The third-order valence-electron chi connectivity index (χ3n) is 4.83. The van der Waals surface area contributed by atoms with E-state index in [1.807, 2.05) is 0 Å². The Labute approximate surface area is 159 Å². The lowest BCUT2D eigenvalue weighted by Gasteiger charge is -2.21. The second-order valence-electron chi connectivity index (χ2n) is 6.62. The van der Waals surface area contributed by atoms with E-state index in [0.29, 0.717) is 12.8 Å². The fourth-order valence-electron chi connectivity index (χ4n) is 3.38. The average Bonchev–Trinajstić information content (AvgIpc) is 3.35. The van der Waals surface area contributed by atoms with Gasteiger partial charge in [-0.15, -0.1) is 0 Å². The molecule has 0 saturated carbocycles. The van der Waals surface area contributed by atoms with E-state index in [0.717, 1.165) is 13.1 Å². The molecule has 4 N–H and O–H groups in total. The predicted molar refractivity (Wildman–Crippen MR) is 92.5 cm³/mol. The number of nitrogens with one attached hydrogen (secondary N) is 2. The first-order valence-corrected chi connectivity index (χ1v) is 8.79. The molecule has 1 amide bonds. The molecule has 0 aromatic heterocycles. The van der Waals surface area contributed by atoms with Crippen LogP contribution in [0.4, 0.5) is 0 Å². The minimum absolute atomic E-state index is 0.0874. The van der Waals surface area contributed by atoms with Crippen molar-refractivity contribution in [2.24, 2.45) is 5.92 Å². The van der Waals surface area contributed by atoms with Crippen molar-refractivity contribution in [2.75, 3.05) is 26.2 Å². The van der Waals surface area contributed by atoms with Crippen LogP contribution in [0.3, 0.4) is 0 Å². The summed E-state index contributed by atoms with van der Waals surface area (Å²) in [7, 11) is 0. The molecule has 1 atom stereocenters. The summed E-state index contributed by atoms with van der Waals surface area (Å²) >= 11 is 0. The van der Waals surface area contributed by atoms with Crippen LogP contribution in [0.15, 0.2) is 18.2 Å². The van der Waals surface area contributed by atoms with E-state index in [-0.39, 0.29) is 35.1 Å². The summed E-state index contributed by atoms with van der Waals surface area (Å²) in [6.45, 7) is 0.365. The standard InChI is InChI=1S/C18H20N2O8/c21-13(8-20-16(24)10-4-6-19-7-5-10)11-2-1-3-12-15(11)18(12,17(25)26)28-27-9-14(22)23/h1-3,10,19H,4-9H2,(H,20,24)(H,22,23)(H,25,26). The van der Waals surface area contributed by atoms with Crippen LogP contribution < -0.4 is 10.6 Å². The third kappa shape index (κ3) is 3.75. The van der Waals surface area contributed by atoms with Gasteiger partial charge >= 0.3 is 11.9 Å². The molecule has 0 bridgehead atoms. The number of aliphatic carboxylic acids is 2. The van der Waals surface area contributed by atoms with Crippen LogP contribution in [-0.4, -0.2) is 60.1 Å². The van der Waals surface area contributed by atoms with Crippen molar-refractivity contribution in [1.29, 1.82) is 0 Å². The Morgan fingerprint density at radius 1 is 1.18 bits per heavy atom. The van der Waals surface area contributed by atoms with Crippen molar-refractivity contribution in [1.82, 2.24) is 10.6 Å². The van der Waals surface area contributed by atoms with Gasteiger partial charge in [-0.25, -0.2) is 19.4 Å². The summed E-state index contributed by atoms with van der Waals surface area (Å²) in [5.74, 6) is -3.59. The van der Waals surface area contributed by atoms with Crippen LogP contribution in [0.1, 0.15) is 34.3 Å². The lowest BCUT2D eigenvalue weighted by atomic mass is 9.97. The molecule has 1 aromatic carbocycles. The number of rotatable bonds is 9. The van der Waals surface area contributed by atoms with Gasteiger partial charge in [-0.2, -0.15) is 0 Å². The van der Waals surface area contributed by atoms with E-state index < -0.39 is 29.9 Å². The highest BCUT2D eigenvalue weighted by atomic mass is 17.2. The average molecular weight is 392 g/mol. The molecule has 1 heterocycles. The number of ketones is 1. The molecular weight excluding hydrogens is 372 g/mol. The Morgan fingerprint density at radius 2 is 1.89 bits per heavy atom. The van der Waals surface area contributed by atoms with Gasteiger partial charge in [0.1, 0.15) is 0 Å². The Morgan fingerprint density at radius 3 is 2.54 bits per heavy atom. The number of Topliss-reactive ketones (excluding diaryl/α,β-unsaturated/α-hetero) is 1. The van der Waals surface area contributed by atoms with Gasteiger partial charge in [0.05, 0.1) is 6.54 Å². The second-order valence-corrected chi connectivity index (χ2v) is 6.62. The summed E-state index contributed by atoms with van der Waals surface area (Å²) in [6, 6.07) is 4.38. The number of hydrogen-bond acceptors (Lipinski definition) is 7. The highest BCUT2D eigenvalue weighted by Crippen LogP contribution is 2.53. The first-order valence-electron chi connectivity index (χ1n) is 8.79. The van der Waals surface area contributed by atoms with Crippen LogP contribution in [0.25, 0.3) is 0 Å². The zero-order chi connectivity index (χ0) is 20.3. The lowest BCUT2D eigenvalue weighted by molar-refractivity contribution is -0.333. The lowest BCUT2D eigenvalue weighted by Crippen LogP contribution is -2.40. The molecule has 0 radical (unpaired) electrons. The molecule has 1 aliphatic carbocycles. The monoisotopic (exact) mass is 392 g/mol. The van der Waals surface area contributed by atoms with E-state index in [1.54, 1.807) is 0 Å². The molecule has 1 aromatic rings. The minimum Gasteiger partial charge on any atom is -0.479 e. The maximum absolute atomic E-state index is 12.6. The minimum atomic E-state index is -2.01. The zero-order valence-corrected chi connectivity index (χ0v) is 14.9. The first kappa shape index (κ1) is 19.9. The van der Waals surface area contributed by atoms with Crippen LogP contribution >= 0.6 is 0 Å². The number of carboxylic acids is 2. The van der Waals surface area contributed by atoms with E-state index in [2.05, 4.69) is 15.5 Å². The first-order chi connectivity index (χ1) is 13.4. The largest absolute Gasteiger partial charge is 0.479 e. The molecule has 1 fully saturated rings. The number of amides is 1. The van der Waals surface area contributed by atoms with Crippen LogP contribution in [0, 0.1) is 5.92 Å². The van der Waals surface area contributed by atoms with E-state index in [1.165, 1.54) is 18.2 Å². The van der Waals surface area contributed by atoms with Crippen LogP contribution in [0.2, 0.25) is 0 Å². The molecule has 2 aliphatic rings. The summed E-state index contributed by atoms with van der Waals surface area (Å²) in [5, 5.41) is 23.9. The molecule has 10 nitrogen and oxygen atoms in total. The number of piperidine rings is 1. The number of carbonyl (C=O) groups excluding carboxylic acids is 2.